The van der Waals surface area contributed by atoms with Crippen LogP contribution in [0, 0.1) is 0 Å². The highest BCUT2D eigenvalue weighted by Gasteiger charge is 2.24. The second-order valence-electron chi connectivity index (χ2n) is 5.16. The van der Waals surface area contributed by atoms with Gasteiger partial charge in [-0.15, -0.1) is 0 Å². The van der Waals surface area contributed by atoms with E-state index in [2.05, 4.69) is 15.6 Å². The standard InChI is InChI=1S/C16H16ClN3O/c17-12-3-1-11(2-4-12)9-18-14-7-8-15(19-10-14)16(21)20-13-5-6-13/h1-4,7-8,10,13,18H,5-6,9H2,(H,20,21). The Morgan fingerprint density at radius 1 is 1.19 bits per heavy atom. The van der Waals surface area contributed by atoms with E-state index in [-0.39, 0.29) is 5.91 Å². The quantitative estimate of drug-likeness (QED) is 0.891. The van der Waals surface area contributed by atoms with Gasteiger partial charge in [-0.3, -0.25) is 4.79 Å². The second kappa shape index (κ2) is 6.14. The van der Waals surface area contributed by atoms with Crippen LogP contribution in [0.25, 0.3) is 0 Å². The van der Waals surface area contributed by atoms with Crippen LogP contribution in [0.2, 0.25) is 5.02 Å². The molecular formula is C16H16ClN3O. The molecule has 1 aromatic heterocycles. The summed E-state index contributed by atoms with van der Waals surface area (Å²) in [7, 11) is 0. The lowest BCUT2D eigenvalue weighted by Crippen LogP contribution is -2.26. The summed E-state index contributed by atoms with van der Waals surface area (Å²) < 4.78 is 0. The fourth-order valence-corrected chi connectivity index (χ4v) is 2.05. The third-order valence-corrected chi connectivity index (χ3v) is 3.57. The summed E-state index contributed by atoms with van der Waals surface area (Å²) in [6.45, 7) is 0.687. The third-order valence-electron chi connectivity index (χ3n) is 3.32. The molecule has 1 aromatic carbocycles. The van der Waals surface area contributed by atoms with Crippen LogP contribution < -0.4 is 10.6 Å². The summed E-state index contributed by atoms with van der Waals surface area (Å²) in [5.74, 6) is -0.0956. The number of rotatable bonds is 5. The molecule has 1 saturated carbocycles. The number of anilines is 1. The van der Waals surface area contributed by atoms with E-state index >= 15 is 0 Å². The molecule has 5 heteroatoms. The first-order valence-electron chi connectivity index (χ1n) is 6.96. The van der Waals surface area contributed by atoms with Crippen LogP contribution in [0.4, 0.5) is 5.69 Å². The van der Waals surface area contributed by atoms with E-state index in [4.69, 9.17) is 11.6 Å². The molecule has 0 unspecified atom stereocenters. The fourth-order valence-electron chi connectivity index (χ4n) is 1.93. The van der Waals surface area contributed by atoms with E-state index in [0.717, 1.165) is 29.1 Å². The Morgan fingerprint density at radius 3 is 2.57 bits per heavy atom. The zero-order valence-electron chi connectivity index (χ0n) is 11.5. The molecule has 0 bridgehead atoms. The van der Waals surface area contributed by atoms with Gasteiger partial charge in [0.15, 0.2) is 0 Å². The molecule has 1 aliphatic carbocycles. The number of aromatic nitrogens is 1. The highest BCUT2D eigenvalue weighted by atomic mass is 35.5. The van der Waals surface area contributed by atoms with Crippen molar-refractivity contribution in [3.63, 3.8) is 0 Å². The second-order valence-corrected chi connectivity index (χ2v) is 5.60. The van der Waals surface area contributed by atoms with Gasteiger partial charge in [0, 0.05) is 17.6 Å². The third kappa shape index (κ3) is 3.95. The van der Waals surface area contributed by atoms with Gasteiger partial charge in [-0.2, -0.15) is 0 Å². The van der Waals surface area contributed by atoms with Crippen LogP contribution in [0.5, 0.6) is 0 Å². The number of hydrogen-bond acceptors (Lipinski definition) is 3. The molecule has 108 valence electrons. The molecule has 1 aliphatic rings. The van der Waals surface area contributed by atoms with Gasteiger partial charge in [0.05, 0.1) is 11.9 Å². The SMILES string of the molecule is O=C(NC1CC1)c1ccc(NCc2ccc(Cl)cc2)cn1. The average Bonchev–Trinajstić information content (AvgIpc) is 3.31. The fraction of sp³-hybridized carbons (Fsp3) is 0.250. The maximum Gasteiger partial charge on any atom is 0.270 e. The molecule has 2 N–H and O–H groups in total. The molecule has 0 spiro atoms. The number of amides is 1. The minimum absolute atomic E-state index is 0.0956. The summed E-state index contributed by atoms with van der Waals surface area (Å²) in [5, 5.41) is 6.91. The molecule has 1 amide bonds. The zero-order valence-corrected chi connectivity index (χ0v) is 12.2. The van der Waals surface area contributed by atoms with Gasteiger partial charge in [-0.1, -0.05) is 23.7 Å². The van der Waals surface area contributed by atoms with E-state index in [1.807, 2.05) is 30.3 Å². The van der Waals surface area contributed by atoms with E-state index in [0.29, 0.717) is 18.3 Å². The van der Waals surface area contributed by atoms with Gasteiger partial charge in [0.1, 0.15) is 5.69 Å². The summed E-state index contributed by atoms with van der Waals surface area (Å²) >= 11 is 5.85. The van der Waals surface area contributed by atoms with E-state index < -0.39 is 0 Å². The van der Waals surface area contributed by atoms with Crippen molar-refractivity contribution in [3.05, 3.63) is 58.9 Å². The van der Waals surface area contributed by atoms with Crippen molar-refractivity contribution in [2.24, 2.45) is 0 Å². The van der Waals surface area contributed by atoms with E-state index in [1.165, 1.54) is 0 Å². The number of carbonyl (C=O) groups excluding carboxylic acids is 1. The van der Waals surface area contributed by atoms with Crippen LogP contribution in [0.15, 0.2) is 42.6 Å². The topological polar surface area (TPSA) is 54.0 Å². The Kier molecular flexibility index (Phi) is 4.06. The lowest BCUT2D eigenvalue weighted by molar-refractivity contribution is 0.0946. The Bertz CT molecular complexity index is 621. The molecule has 3 rings (SSSR count). The van der Waals surface area contributed by atoms with Gasteiger partial charge in [-0.05, 0) is 42.7 Å². The van der Waals surface area contributed by atoms with Crippen molar-refractivity contribution >= 4 is 23.2 Å². The van der Waals surface area contributed by atoms with Crippen molar-refractivity contribution in [1.29, 1.82) is 0 Å². The van der Waals surface area contributed by atoms with Gasteiger partial charge in [0.2, 0.25) is 0 Å². The lowest BCUT2D eigenvalue weighted by atomic mass is 10.2. The highest BCUT2D eigenvalue weighted by molar-refractivity contribution is 6.30. The highest BCUT2D eigenvalue weighted by Crippen LogP contribution is 2.19. The number of nitrogens with zero attached hydrogens (tertiary/aromatic N) is 1. The van der Waals surface area contributed by atoms with Gasteiger partial charge in [-0.25, -0.2) is 4.98 Å². The molecule has 0 atom stereocenters. The first-order valence-corrected chi connectivity index (χ1v) is 7.34. The van der Waals surface area contributed by atoms with Crippen molar-refractivity contribution in [2.75, 3.05) is 5.32 Å². The Hall–Kier alpha value is -2.07. The molecule has 0 aliphatic heterocycles. The first kappa shape index (κ1) is 13.9. The van der Waals surface area contributed by atoms with Crippen molar-refractivity contribution in [3.8, 4) is 0 Å². The van der Waals surface area contributed by atoms with Crippen LogP contribution in [-0.2, 0) is 6.54 Å². The summed E-state index contributed by atoms with van der Waals surface area (Å²) in [4.78, 5) is 16.0. The molecule has 1 fully saturated rings. The monoisotopic (exact) mass is 301 g/mol. The largest absolute Gasteiger partial charge is 0.380 e. The first-order chi connectivity index (χ1) is 10.2. The van der Waals surface area contributed by atoms with Gasteiger partial charge < -0.3 is 10.6 Å². The summed E-state index contributed by atoms with van der Waals surface area (Å²) in [6.07, 6.45) is 3.83. The molecular weight excluding hydrogens is 286 g/mol. The number of nitrogens with one attached hydrogen (secondary N) is 2. The number of hydrogen-bond donors (Lipinski definition) is 2. The predicted molar refractivity (Wildman–Crippen MR) is 83.5 cm³/mol. The predicted octanol–water partition coefficient (Wildman–Crippen LogP) is 3.24. The maximum absolute atomic E-state index is 11.8. The maximum atomic E-state index is 11.8. The Labute approximate surface area is 128 Å². The van der Waals surface area contributed by atoms with Gasteiger partial charge in [0.25, 0.3) is 5.91 Å². The van der Waals surface area contributed by atoms with Crippen LogP contribution >= 0.6 is 11.6 Å². The van der Waals surface area contributed by atoms with E-state index in [1.54, 1.807) is 12.3 Å². The Morgan fingerprint density at radius 2 is 1.95 bits per heavy atom. The van der Waals surface area contributed by atoms with E-state index in [9.17, 15) is 4.79 Å². The minimum Gasteiger partial charge on any atom is -0.380 e. The smallest absolute Gasteiger partial charge is 0.270 e. The van der Waals surface area contributed by atoms with Crippen molar-refractivity contribution < 1.29 is 4.79 Å². The zero-order chi connectivity index (χ0) is 14.7. The Balaban J connectivity index is 1.56. The normalized spacial score (nSPS) is 13.8. The molecule has 0 radical (unpaired) electrons. The lowest BCUT2D eigenvalue weighted by Gasteiger charge is -2.07. The van der Waals surface area contributed by atoms with Gasteiger partial charge >= 0.3 is 0 Å². The molecule has 1 heterocycles. The molecule has 2 aromatic rings. The summed E-state index contributed by atoms with van der Waals surface area (Å²) in [5.41, 5.74) is 2.47. The molecule has 4 nitrogen and oxygen atoms in total. The van der Waals surface area contributed by atoms with Crippen molar-refractivity contribution in [2.45, 2.75) is 25.4 Å². The van der Waals surface area contributed by atoms with Crippen LogP contribution in [0.1, 0.15) is 28.9 Å². The van der Waals surface area contributed by atoms with Crippen LogP contribution in [0.3, 0.4) is 0 Å². The number of carbonyl (C=O) groups is 1. The molecule has 21 heavy (non-hydrogen) atoms. The number of benzene rings is 1. The minimum atomic E-state index is -0.0956. The number of pyridine rings is 1. The molecule has 0 saturated heterocycles. The van der Waals surface area contributed by atoms with Crippen molar-refractivity contribution in [1.82, 2.24) is 10.3 Å². The average molecular weight is 302 g/mol. The summed E-state index contributed by atoms with van der Waals surface area (Å²) in [6, 6.07) is 11.6. The van der Waals surface area contributed by atoms with Crippen LogP contribution in [-0.4, -0.2) is 16.9 Å². The number of halogens is 1.